The quantitative estimate of drug-likeness (QED) is 0.461. The number of carbonyl (C=O) groups is 3. The number of carbonyl (C=O) groups excluding carboxylic acids is 3. The van der Waals surface area contributed by atoms with E-state index in [1.165, 1.54) is 14.0 Å². The molecule has 3 aromatic rings. The normalized spacial score (nSPS) is 10.6. The molecule has 0 unspecified atom stereocenters. The van der Waals surface area contributed by atoms with Crippen LogP contribution in [0.4, 0.5) is 5.69 Å². The number of aromatic nitrogens is 2. The Kier molecular flexibility index (Phi) is 6.65. The monoisotopic (exact) mass is 419 g/mol. The van der Waals surface area contributed by atoms with Crippen molar-refractivity contribution in [2.24, 2.45) is 0 Å². The predicted molar refractivity (Wildman–Crippen MR) is 118 cm³/mol. The molecular weight excluding hydrogens is 394 g/mol. The molecule has 0 atom stereocenters. The molecule has 0 aliphatic heterocycles. The van der Waals surface area contributed by atoms with Crippen molar-refractivity contribution in [2.75, 3.05) is 12.4 Å². The van der Waals surface area contributed by atoms with E-state index in [4.69, 9.17) is 4.74 Å². The Morgan fingerprint density at radius 3 is 2.39 bits per heavy atom. The zero-order valence-electron chi connectivity index (χ0n) is 18.1. The van der Waals surface area contributed by atoms with E-state index in [-0.39, 0.29) is 17.7 Å². The van der Waals surface area contributed by atoms with Crippen LogP contribution in [0.5, 0.6) is 0 Å². The van der Waals surface area contributed by atoms with Gasteiger partial charge in [-0.25, -0.2) is 4.68 Å². The van der Waals surface area contributed by atoms with Crippen LogP contribution in [-0.4, -0.2) is 34.6 Å². The van der Waals surface area contributed by atoms with Crippen LogP contribution in [0.15, 0.2) is 48.5 Å². The van der Waals surface area contributed by atoms with Gasteiger partial charge in [0.05, 0.1) is 18.5 Å². The smallest absolute Gasteiger partial charge is 0.305 e. The number of anilines is 1. The molecule has 0 radical (unpaired) electrons. The number of ketones is 1. The van der Waals surface area contributed by atoms with E-state index in [1.54, 1.807) is 41.1 Å². The molecule has 0 saturated heterocycles. The van der Waals surface area contributed by atoms with Crippen molar-refractivity contribution < 1.29 is 19.1 Å². The lowest BCUT2D eigenvalue weighted by molar-refractivity contribution is -0.140. The number of hydrogen-bond donors (Lipinski definition) is 1. The molecule has 7 nitrogen and oxygen atoms in total. The van der Waals surface area contributed by atoms with Gasteiger partial charge in [0, 0.05) is 28.9 Å². The molecular formula is C24H25N3O4. The standard InChI is InChI=1S/C24H25N3O4/c1-15-22(12-13-23(29)31-4)16(2)27(26-15)21-10-8-18(9-11-21)24(30)25-20-7-5-6-19(14-20)17(3)28/h5-11,14H,12-13H2,1-4H3,(H,25,30). The first kappa shape index (κ1) is 22.0. The summed E-state index contributed by atoms with van der Waals surface area (Å²) in [5.74, 6) is -0.577. The SMILES string of the molecule is COC(=O)CCc1c(C)nn(-c2ccc(C(=O)Nc3cccc(C(C)=O)c3)cc2)c1C. The van der Waals surface area contributed by atoms with Gasteiger partial charge in [-0.15, -0.1) is 0 Å². The van der Waals surface area contributed by atoms with Crippen molar-refractivity contribution in [1.82, 2.24) is 9.78 Å². The maximum Gasteiger partial charge on any atom is 0.305 e. The first-order chi connectivity index (χ1) is 14.8. The van der Waals surface area contributed by atoms with Gasteiger partial charge in [0.1, 0.15) is 0 Å². The van der Waals surface area contributed by atoms with Crippen LogP contribution in [0, 0.1) is 13.8 Å². The number of amides is 1. The number of esters is 1. The fourth-order valence-corrected chi connectivity index (χ4v) is 3.39. The van der Waals surface area contributed by atoms with E-state index >= 15 is 0 Å². The fourth-order valence-electron chi connectivity index (χ4n) is 3.39. The molecule has 1 amide bonds. The number of rotatable bonds is 7. The maximum atomic E-state index is 12.6. The minimum Gasteiger partial charge on any atom is -0.469 e. The molecule has 1 heterocycles. The predicted octanol–water partition coefficient (Wildman–Crippen LogP) is 4.05. The summed E-state index contributed by atoms with van der Waals surface area (Å²) in [6.45, 7) is 5.35. The molecule has 0 aliphatic carbocycles. The fraction of sp³-hybridized carbons (Fsp3) is 0.250. The third-order valence-electron chi connectivity index (χ3n) is 5.15. The largest absolute Gasteiger partial charge is 0.469 e. The lowest BCUT2D eigenvalue weighted by Gasteiger charge is -2.09. The molecule has 7 heteroatoms. The number of aryl methyl sites for hydroxylation is 1. The zero-order chi connectivity index (χ0) is 22.5. The summed E-state index contributed by atoms with van der Waals surface area (Å²) in [5.41, 5.74) is 5.23. The van der Waals surface area contributed by atoms with Gasteiger partial charge in [0.25, 0.3) is 5.91 Å². The van der Waals surface area contributed by atoms with Gasteiger partial charge in [-0.1, -0.05) is 12.1 Å². The summed E-state index contributed by atoms with van der Waals surface area (Å²) in [6, 6.07) is 13.9. The van der Waals surface area contributed by atoms with E-state index in [0.717, 1.165) is 22.6 Å². The highest BCUT2D eigenvalue weighted by atomic mass is 16.5. The third-order valence-corrected chi connectivity index (χ3v) is 5.15. The van der Waals surface area contributed by atoms with E-state index in [1.807, 2.05) is 26.0 Å². The van der Waals surface area contributed by atoms with Gasteiger partial charge in [-0.3, -0.25) is 14.4 Å². The Morgan fingerprint density at radius 2 is 1.74 bits per heavy atom. The Bertz CT molecular complexity index is 1130. The Morgan fingerprint density at radius 1 is 1.03 bits per heavy atom. The number of hydrogen-bond acceptors (Lipinski definition) is 5. The van der Waals surface area contributed by atoms with Crippen molar-refractivity contribution in [1.29, 1.82) is 0 Å². The highest BCUT2D eigenvalue weighted by molar-refractivity contribution is 6.05. The van der Waals surface area contributed by atoms with Crippen molar-refractivity contribution in [3.63, 3.8) is 0 Å². The number of Topliss-reactive ketones (excluding diaryl/α,β-unsaturated/α-hetero) is 1. The van der Waals surface area contributed by atoms with Gasteiger partial charge >= 0.3 is 5.97 Å². The molecule has 0 aliphatic rings. The molecule has 0 bridgehead atoms. The van der Waals surface area contributed by atoms with Crippen LogP contribution in [-0.2, 0) is 16.0 Å². The van der Waals surface area contributed by atoms with Crippen LogP contribution in [0.25, 0.3) is 5.69 Å². The van der Waals surface area contributed by atoms with E-state index in [0.29, 0.717) is 29.7 Å². The van der Waals surface area contributed by atoms with Gasteiger partial charge < -0.3 is 10.1 Å². The second-order valence-corrected chi connectivity index (χ2v) is 7.28. The van der Waals surface area contributed by atoms with Crippen LogP contribution >= 0.6 is 0 Å². The number of ether oxygens (including phenoxy) is 1. The summed E-state index contributed by atoms with van der Waals surface area (Å²) in [4.78, 5) is 35.6. The number of methoxy groups -OCH3 is 1. The van der Waals surface area contributed by atoms with Crippen LogP contribution in [0.1, 0.15) is 51.0 Å². The van der Waals surface area contributed by atoms with E-state index < -0.39 is 0 Å². The average Bonchev–Trinajstić information content (AvgIpc) is 3.05. The van der Waals surface area contributed by atoms with Crippen molar-refractivity contribution in [3.05, 3.63) is 76.6 Å². The van der Waals surface area contributed by atoms with Gasteiger partial charge in [0.15, 0.2) is 5.78 Å². The average molecular weight is 419 g/mol. The van der Waals surface area contributed by atoms with E-state index in [9.17, 15) is 14.4 Å². The Hall–Kier alpha value is -3.74. The van der Waals surface area contributed by atoms with Crippen molar-refractivity contribution in [2.45, 2.75) is 33.6 Å². The highest BCUT2D eigenvalue weighted by Gasteiger charge is 2.15. The second-order valence-electron chi connectivity index (χ2n) is 7.28. The zero-order valence-corrected chi connectivity index (χ0v) is 18.1. The van der Waals surface area contributed by atoms with Crippen molar-refractivity contribution >= 4 is 23.3 Å². The first-order valence-corrected chi connectivity index (χ1v) is 9.95. The number of nitrogens with one attached hydrogen (secondary N) is 1. The Balaban J connectivity index is 1.76. The summed E-state index contributed by atoms with van der Waals surface area (Å²) in [5, 5.41) is 7.40. The molecule has 1 N–H and O–H groups in total. The minimum atomic E-state index is -0.264. The van der Waals surface area contributed by atoms with Crippen LogP contribution < -0.4 is 5.32 Å². The topological polar surface area (TPSA) is 90.3 Å². The van der Waals surface area contributed by atoms with Crippen LogP contribution in [0.3, 0.4) is 0 Å². The van der Waals surface area contributed by atoms with Gasteiger partial charge in [-0.2, -0.15) is 5.10 Å². The summed E-state index contributed by atoms with van der Waals surface area (Å²) in [7, 11) is 1.38. The Labute approximate surface area is 181 Å². The molecule has 2 aromatic carbocycles. The highest BCUT2D eigenvalue weighted by Crippen LogP contribution is 2.20. The molecule has 1 aromatic heterocycles. The third kappa shape index (κ3) is 5.06. The molecule has 0 fully saturated rings. The summed E-state index contributed by atoms with van der Waals surface area (Å²) in [6.07, 6.45) is 0.859. The molecule has 31 heavy (non-hydrogen) atoms. The van der Waals surface area contributed by atoms with Crippen molar-refractivity contribution in [3.8, 4) is 5.69 Å². The number of nitrogens with zero attached hydrogens (tertiary/aromatic N) is 2. The lowest BCUT2D eigenvalue weighted by atomic mass is 10.1. The van der Waals surface area contributed by atoms with Gasteiger partial charge in [-0.05, 0) is 69.2 Å². The summed E-state index contributed by atoms with van der Waals surface area (Å²) < 4.78 is 6.52. The van der Waals surface area contributed by atoms with Crippen LogP contribution in [0.2, 0.25) is 0 Å². The second kappa shape index (κ2) is 9.38. The molecule has 3 rings (SSSR count). The molecule has 160 valence electrons. The first-order valence-electron chi connectivity index (χ1n) is 9.95. The number of benzene rings is 2. The van der Waals surface area contributed by atoms with Gasteiger partial charge in [0.2, 0.25) is 0 Å². The lowest BCUT2D eigenvalue weighted by Crippen LogP contribution is -2.12. The minimum absolute atomic E-state index is 0.0590. The van der Waals surface area contributed by atoms with E-state index in [2.05, 4.69) is 10.4 Å². The molecule has 0 spiro atoms. The maximum absolute atomic E-state index is 12.6. The summed E-state index contributed by atoms with van der Waals surface area (Å²) >= 11 is 0. The molecule has 0 saturated carbocycles.